The third-order valence-electron chi connectivity index (χ3n) is 4.48. The molecule has 7 nitrogen and oxygen atoms in total. The zero-order valence-electron chi connectivity index (χ0n) is 17.1. The van der Waals surface area contributed by atoms with Crippen LogP contribution in [0.5, 0.6) is 11.5 Å². The van der Waals surface area contributed by atoms with Crippen molar-refractivity contribution in [2.45, 2.75) is 20.4 Å². The van der Waals surface area contributed by atoms with Crippen LogP contribution in [0.25, 0.3) is 0 Å². The van der Waals surface area contributed by atoms with E-state index in [1.165, 1.54) is 18.4 Å². The number of thiophene rings is 1. The van der Waals surface area contributed by atoms with Gasteiger partial charge in [0.25, 0.3) is 5.91 Å². The lowest BCUT2D eigenvalue weighted by Gasteiger charge is -2.16. The first-order valence-corrected chi connectivity index (χ1v) is 9.62. The summed E-state index contributed by atoms with van der Waals surface area (Å²) in [5, 5.41) is 3.39. The molecule has 152 valence electrons. The van der Waals surface area contributed by atoms with Crippen molar-refractivity contribution >= 4 is 28.2 Å². The summed E-state index contributed by atoms with van der Waals surface area (Å²) < 4.78 is 15.5. The van der Waals surface area contributed by atoms with Crippen molar-refractivity contribution in [2.75, 3.05) is 40.2 Å². The first-order chi connectivity index (χ1) is 13.3. The lowest BCUT2D eigenvalue weighted by molar-refractivity contribution is -0.885. The molecule has 1 heterocycles. The smallest absolute Gasteiger partial charge is 0.341 e. The molecule has 0 spiro atoms. The first-order valence-electron chi connectivity index (χ1n) is 8.81. The summed E-state index contributed by atoms with van der Waals surface area (Å²) in [6.45, 7) is 4.61. The highest BCUT2D eigenvalue weighted by Crippen LogP contribution is 2.32. The highest BCUT2D eigenvalue weighted by atomic mass is 32.1. The van der Waals surface area contributed by atoms with Gasteiger partial charge in [0.15, 0.2) is 6.54 Å². The summed E-state index contributed by atoms with van der Waals surface area (Å²) >= 11 is 1.38. The molecule has 8 heteroatoms. The van der Waals surface area contributed by atoms with E-state index in [4.69, 9.17) is 14.2 Å². The molecule has 0 bridgehead atoms. The van der Waals surface area contributed by atoms with E-state index in [0.29, 0.717) is 17.1 Å². The van der Waals surface area contributed by atoms with E-state index in [2.05, 4.69) is 5.32 Å². The quantitative estimate of drug-likeness (QED) is 0.653. The van der Waals surface area contributed by atoms with Crippen molar-refractivity contribution in [1.29, 1.82) is 0 Å². The van der Waals surface area contributed by atoms with Gasteiger partial charge in [-0.1, -0.05) is 0 Å². The maximum atomic E-state index is 12.5. The molecule has 0 saturated carbocycles. The first kappa shape index (κ1) is 21.7. The van der Waals surface area contributed by atoms with Crippen molar-refractivity contribution in [3.63, 3.8) is 0 Å². The van der Waals surface area contributed by atoms with Gasteiger partial charge in [-0.05, 0) is 31.5 Å². The largest absolute Gasteiger partial charge is 0.497 e. The zero-order chi connectivity index (χ0) is 20.8. The van der Waals surface area contributed by atoms with E-state index in [9.17, 15) is 9.59 Å². The Labute approximate surface area is 169 Å². The third kappa shape index (κ3) is 5.02. The topological polar surface area (TPSA) is 78.3 Å². The Morgan fingerprint density at radius 1 is 1.14 bits per heavy atom. The summed E-state index contributed by atoms with van der Waals surface area (Å²) in [4.78, 5) is 26.5. The van der Waals surface area contributed by atoms with Gasteiger partial charge in [-0.15, -0.1) is 11.3 Å². The van der Waals surface area contributed by atoms with Crippen LogP contribution in [0, 0.1) is 13.8 Å². The molecule has 0 aliphatic rings. The number of anilines is 1. The molecule has 1 aromatic heterocycles. The highest BCUT2D eigenvalue weighted by molar-refractivity contribution is 7.16. The van der Waals surface area contributed by atoms with Gasteiger partial charge in [-0.2, -0.15) is 0 Å². The molecule has 0 fully saturated rings. The maximum Gasteiger partial charge on any atom is 0.341 e. The molecular weight excluding hydrogens is 380 g/mol. The average Bonchev–Trinajstić information content (AvgIpc) is 2.94. The van der Waals surface area contributed by atoms with Crippen LogP contribution < -0.4 is 19.7 Å². The molecule has 1 atom stereocenters. The lowest BCUT2D eigenvalue weighted by atomic mass is 10.1. The summed E-state index contributed by atoms with van der Waals surface area (Å²) in [5.74, 6) is 0.823. The van der Waals surface area contributed by atoms with Crippen LogP contribution in [-0.2, 0) is 16.1 Å². The van der Waals surface area contributed by atoms with Crippen LogP contribution in [0.2, 0.25) is 0 Å². The number of ether oxygens (including phenoxy) is 3. The molecule has 1 amide bonds. The highest BCUT2D eigenvalue weighted by Gasteiger charge is 2.22. The van der Waals surface area contributed by atoms with Crippen LogP contribution in [0.1, 0.15) is 26.4 Å². The Hall–Kier alpha value is -2.58. The molecular formula is C20H27N2O5S+. The van der Waals surface area contributed by atoms with E-state index >= 15 is 0 Å². The Morgan fingerprint density at radius 2 is 1.86 bits per heavy atom. The standard InChI is InChI=1S/C20H26N2O5S/c1-12-13(2)28-19(18(12)20(24)27-6)21-17(23)11-22(3)10-14-7-8-15(25-4)9-16(14)26-5/h7-9H,10-11H2,1-6H3,(H,21,23)/p+1. The molecule has 1 aromatic carbocycles. The van der Waals surface area contributed by atoms with E-state index in [0.717, 1.165) is 32.4 Å². The molecule has 2 aromatic rings. The van der Waals surface area contributed by atoms with E-state index < -0.39 is 5.97 Å². The predicted molar refractivity (Wildman–Crippen MR) is 109 cm³/mol. The fourth-order valence-electron chi connectivity index (χ4n) is 2.89. The second-order valence-corrected chi connectivity index (χ2v) is 7.74. The van der Waals surface area contributed by atoms with Gasteiger partial charge in [0, 0.05) is 16.5 Å². The molecule has 0 saturated heterocycles. The minimum Gasteiger partial charge on any atom is -0.497 e. The van der Waals surface area contributed by atoms with Crippen LogP contribution >= 0.6 is 11.3 Å². The van der Waals surface area contributed by atoms with Crippen LogP contribution in [0.3, 0.4) is 0 Å². The minimum atomic E-state index is -0.444. The van der Waals surface area contributed by atoms with E-state index in [1.54, 1.807) is 14.2 Å². The number of rotatable bonds is 8. The number of hydrogen-bond acceptors (Lipinski definition) is 6. The van der Waals surface area contributed by atoms with Gasteiger partial charge in [0.2, 0.25) is 0 Å². The third-order valence-corrected chi connectivity index (χ3v) is 5.60. The summed E-state index contributed by atoms with van der Waals surface area (Å²) in [5.41, 5.74) is 2.23. The Balaban J connectivity index is 2.06. The molecule has 2 N–H and O–H groups in total. The average molecular weight is 408 g/mol. The van der Waals surface area contributed by atoms with Crippen molar-refractivity contribution < 1.29 is 28.7 Å². The Bertz CT molecular complexity index is 863. The van der Waals surface area contributed by atoms with E-state index in [1.807, 2.05) is 39.1 Å². The fourth-order valence-corrected chi connectivity index (χ4v) is 3.96. The summed E-state index contributed by atoms with van der Waals surface area (Å²) in [6, 6.07) is 5.62. The molecule has 0 aliphatic heterocycles. The van der Waals surface area contributed by atoms with Crippen molar-refractivity contribution in [2.24, 2.45) is 0 Å². The van der Waals surface area contributed by atoms with Crippen LogP contribution in [0.4, 0.5) is 5.00 Å². The Morgan fingerprint density at radius 3 is 2.46 bits per heavy atom. The summed E-state index contributed by atoms with van der Waals surface area (Å²) in [6.07, 6.45) is 0. The van der Waals surface area contributed by atoms with Gasteiger partial charge >= 0.3 is 5.97 Å². The zero-order valence-corrected chi connectivity index (χ0v) is 17.9. The molecule has 28 heavy (non-hydrogen) atoms. The number of nitrogens with one attached hydrogen (secondary N) is 2. The Kier molecular flexibility index (Phi) is 7.42. The number of aryl methyl sites for hydroxylation is 1. The maximum absolute atomic E-state index is 12.5. The lowest BCUT2D eigenvalue weighted by Crippen LogP contribution is -3.08. The fraction of sp³-hybridized carbons (Fsp3) is 0.400. The van der Waals surface area contributed by atoms with Crippen LogP contribution in [0.15, 0.2) is 18.2 Å². The second-order valence-electron chi connectivity index (χ2n) is 6.52. The molecule has 0 radical (unpaired) electrons. The number of quaternary nitrogens is 1. The van der Waals surface area contributed by atoms with Crippen LogP contribution in [-0.4, -0.2) is 46.8 Å². The van der Waals surface area contributed by atoms with Gasteiger partial charge in [-0.3, -0.25) is 4.79 Å². The number of esters is 1. The molecule has 0 aliphatic carbocycles. The monoisotopic (exact) mass is 407 g/mol. The number of benzene rings is 1. The molecule has 2 rings (SSSR count). The number of likely N-dealkylation sites (N-methyl/N-ethyl adjacent to an activating group) is 1. The predicted octanol–water partition coefficient (Wildman–Crippen LogP) is 1.82. The summed E-state index contributed by atoms with van der Waals surface area (Å²) in [7, 11) is 6.47. The second kappa shape index (κ2) is 9.57. The number of carbonyl (C=O) groups is 2. The number of methoxy groups -OCH3 is 3. The van der Waals surface area contributed by atoms with Gasteiger partial charge < -0.3 is 24.4 Å². The SMILES string of the molecule is COC(=O)c1c(NC(=O)C[NH+](C)Cc2ccc(OC)cc2OC)sc(C)c1C. The normalized spacial score (nSPS) is 11.6. The minimum absolute atomic E-state index is 0.170. The van der Waals surface area contributed by atoms with Crippen molar-refractivity contribution in [3.8, 4) is 11.5 Å². The molecule has 1 unspecified atom stereocenters. The van der Waals surface area contributed by atoms with Crippen molar-refractivity contribution in [3.05, 3.63) is 39.8 Å². The number of carbonyl (C=O) groups excluding carboxylic acids is 2. The van der Waals surface area contributed by atoms with Gasteiger partial charge in [0.05, 0.1) is 33.9 Å². The van der Waals surface area contributed by atoms with E-state index in [-0.39, 0.29) is 12.5 Å². The van der Waals surface area contributed by atoms with Crippen molar-refractivity contribution in [1.82, 2.24) is 0 Å². The number of hydrogen-bond donors (Lipinski definition) is 2. The van der Waals surface area contributed by atoms with Gasteiger partial charge in [0.1, 0.15) is 23.0 Å². The van der Waals surface area contributed by atoms with Gasteiger partial charge in [-0.25, -0.2) is 4.79 Å². The number of amides is 1.